The van der Waals surface area contributed by atoms with E-state index in [-0.39, 0.29) is 6.61 Å². The fraction of sp³-hybridized carbons (Fsp3) is 0.889. The summed E-state index contributed by atoms with van der Waals surface area (Å²) in [7, 11) is 0. The van der Waals surface area contributed by atoms with Crippen molar-refractivity contribution >= 4 is 11.9 Å². The van der Waals surface area contributed by atoms with Crippen molar-refractivity contribution < 1.29 is 33.9 Å². The number of ether oxygens (including phenoxy) is 1. The van der Waals surface area contributed by atoms with Crippen LogP contribution in [0.15, 0.2) is 0 Å². The van der Waals surface area contributed by atoms with Gasteiger partial charge in [0.2, 0.25) is 0 Å². The van der Waals surface area contributed by atoms with Gasteiger partial charge in [-0.2, -0.15) is 4.89 Å². The lowest BCUT2D eigenvalue weighted by molar-refractivity contribution is -0.399. The minimum Gasteiger partial charge on any atom is -0.454 e. The summed E-state index contributed by atoms with van der Waals surface area (Å²) in [6.45, 7) is 13.2. The molecule has 0 radical (unpaired) electrons. The molecule has 1 unspecified atom stereocenters. The summed E-state index contributed by atoms with van der Waals surface area (Å²) in [5.74, 6) is -2.25. The first-order valence-electron chi connectivity index (χ1n) is 8.88. The molecular weight excluding hydrogens is 328 g/mol. The van der Waals surface area contributed by atoms with Crippen LogP contribution in [0.1, 0.15) is 80.6 Å². The quantitative estimate of drug-likeness (QED) is 0.181. The molecule has 148 valence electrons. The maximum atomic E-state index is 11.7. The second-order valence-corrected chi connectivity index (χ2v) is 7.71. The van der Waals surface area contributed by atoms with Crippen LogP contribution in [0.4, 0.5) is 0 Å². The zero-order valence-electron chi connectivity index (χ0n) is 16.7. The molecular formula is C18H34O7. The van der Waals surface area contributed by atoms with Crippen molar-refractivity contribution in [3.05, 3.63) is 0 Å². The summed E-state index contributed by atoms with van der Waals surface area (Å²) in [5.41, 5.74) is -1.14. The largest absolute Gasteiger partial charge is 0.454 e. The zero-order chi connectivity index (χ0) is 19.5. The van der Waals surface area contributed by atoms with Crippen LogP contribution < -0.4 is 0 Å². The smallest absolute Gasteiger partial charge is 0.449 e. The van der Waals surface area contributed by atoms with Gasteiger partial charge in [0.25, 0.3) is 0 Å². The normalized spacial score (nSPS) is 13.4. The first-order valence-corrected chi connectivity index (χ1v) is 8.88. The molecule has 0 aromatic carbocycles. The molecule has 7 heteroatoms. The highest BCUT2D eigenvalue weighted by molar-refractivity contribution is 6.29. The topological polar surface area (TPSA) is 80.3 Å². The molecule has 0 bridgehead atoms. The second-order valence-electron chi connectivity index (χ2n) is 7.71. The number of hydrogen-bond acceptors (Lipinski definition) is 7. The van der Waals surface area contributed by atoms with Crippen molar-refractivity contribution in [1.82, 2.24) is 0 Å². The molecule has 0 aliphatic rings. The molecule has 0 spiro atoms. The van der Waals surface area contributed by atoms with Crippen LogP contribution in [-0.4, -0.2) is 35.9 Å². The van der Waals surface area contributed by atoms with Gasteiger partial charge >= 0.3 is 11.9 Å². The molecule has 0 aromatic heterocycles. The maximum Gasteiger partial charge on any atom is 0.449 e. The molecule has 0 fully saturated rings. The average molecular weight is 362 g/mol. The van der Waals surface area contributed by atoms with E-state index in [4.69, 9.17) is 19.4 Å². The number of hydrogen-bond donors (Lipinski definition) is 0. The van der Waals surface area contributed by atoms with Crippen LogP contribution in [0.25, 0.3) is 0 Å². The van der Waals surface area contributed by atoms with Gasteiger partial charge in [-0.15, -0.1) is 0 Å². The van der Waals surface area contributed by atoms with E-state index in [0.29, 0.717) is 6.42 Å². The Hall–Kier alpha value is -1.18. The second kappa shape index (κ2) is 11.4. The van der Waals surface area contributed by atoms with Crippen molar-refractivity contribution in [2.75, 3.05) is 6.61 Å². The Morgan fingerprint density at radius 3 is 2.12 bits per heavy atom. The fourth-order valence-corrected chi connectivity index (χ4v) is 1.95. The van der Waals surface area contributed by atoms with Gasteiger partial charge in [-0.25, -0.2) is 19.4 Å². The molecule has 25 heavy (non-hydrogen) atoms. The Balaban J connectivity index is 4.08. The van der Waals surface area contributed by atoms with E-state index in [2.05, 4.69) is 11.8 Å². The van der Waals surface area contributed by atoms with E-state index >= 15 is 0 Å². The third kappa shape index (κ3) is 13.8. The van der Waals surface area contributed by atoms with Gasteiger partial charge < -0.3 is 4.74 Å². The minimum atomic E-state index is -1.16. The van der Waals surface area contributed by atoms with Crippen molar-refractivity contribution in [3.63, 3.8) is 0 Å². The Bertz CT molecular complexity index is 399. The van der Waals surface area contributed by atoms with E-state index < -0.39 is 29.2 Å². The van der Waals surface area contributed by atoms with E-state index in [1.165, 1.54) is 0 Å². The van der Waals surface area contributed by atoms with E-state index in [1.807, 2.05) is 20.8 Å². The summed E-state index contributed by atoms with van der Waals surface area (Å²) in [6, 6.07) is 0. The van der Waals surface area contributed by atoms with Gasteiger partial charge in [-0.3, -0.25) is 4.89 Å². The third-order valence-corrected chi connectivity index (χ3v) is 2.99. The van der Waals surface area contributed by atoms with Crippen LogP contribution in [0, 0.1) is 0 Å². The number of carbonyl (C=O) groups excluding carboxylic acids is 2. The Labute approximate surface area is 151 Å². The van der Waals surface area contributed by atoms with E-state index in [1.54, 1.807) is 20.8 Å². The van der Waals surface area contributed by atoms with E-state index in [9.17, 15) is 9.59 Å². The lowest BCUT2D eigenvalue weighted by Gasteiger charge is -2.30. The molecule has 0 aliphatic heterocycles. The number of rotatable bonds is 11. The Morgan fingerprint density at radius 2 is 1.56 bits per heavy atom. The van der Waals surface area contributed by atoms with Crippen LogP contribution in [0.2, 0.25) is 0 Å². The minimum absolute atomic E-state index is 0.263. The Morgan fingerprint density at radius 1 is 0.920 bits per heavy atom. The summed E-state index contributed by atoms with van der Waals surface area (Å²) < 4.78 is 5.05. The molecule has 0 saturated carbocycles. The van der Waals surface area contributed by atoms with Gasteiger partial charge in [0, 0.05) is 6.42 Å². The maximum absolute atomic E-state index is 11.7. The highest BCUT2D eigenvalue weighted by Gasteiger charge is 2.29. The number of carbonyl (C=O) groups is 2. The van der Waals surface area contributed by atoms with Crippen LogP contribution in [0.5, 0.6) is 0 Å². The molecule has 0 rings (SSSR count). The van der Waals surface area contributed by atoms with Crippen LogP contribution in [-0.2, 0) is 33.9 Å². The lowest BCUT2D eigenvalue weighted by atomic mass is 10.0. The summed E-state index contributed by atoms with van der Waals surface area (Å²) in [6.07, 6.45) is 3.74. The van der Waals surface area contributed by atoms with Crippen molar-refractivity contribution in [3.8, 4) is 0 Å². The van der Waals surface area contributed by atoms with Gasteiger partial charge in [0.05, 0.1) is 12.2 Å². The summed E-state index contributed by atoms with van der Waals surface area (Å²) in [5, 5.41) is 0. The molecule has 1 atom stereocenters. The van der Waals surface area contributed by atoms with Crippen LogP contribution in [0.3, 0.4) is 0 Å². The molecule has 0 heterocycles. The standard InChI is InChI=1S/C18H34O7/c1-8-9-10-11-12-21-23-16(20)15(19)22-14(2)13-18(6,7)25-24-17(3,4)5/h14H,8-13H2,1-7H3. The predicted molar refractivity (Wildman–Crippen MR) is 92.4 cm³/mol. The summed E-state index contributed by atoms with van der Waals surface area (Å²) in [4.78, 5) is 43.0. The first-order chi connectivity index (χ1) is 11.5. The molecule has 0 saturated heterocycles. The molecule has 0 aliphatic carbocycles. The lowest BCUT2D eigenvalue weighted by Crippen LogP contribution is -2.35. The zero-order valence-corrected chi connectivity index (χ0v) is 16.7. The van der Waals surface area contributed by atoms with Crippen molar-refractivity contribution in [1.29, 1.82) is 0 Å². The highest BCUT2D eigenvalue weighted by atomic mass is 17.2. The SMILES string of the molecule is CCCCCCOOC(=O)C(=O)OC(C)CC(C)(C)OOC(C)(C)C. The molecule has 7 nitrogen and oxygen atoms in total. The van der Waals surface area contributed by atoms with Crippen molar-refractivity contribution in [2.24, 2.45) is 0 Å². The fourth-order valence-electron chi connectivity index (χ4n) is 1.95. The third-order valence-electron chi connectivity index (χ3n) is 2.99. The van der Waals surface area contributed by atoms with Gasteiger partial charge in [-0.1, -0.05) is 26.2 Å². The predicted octanol–water partition coefficient (Wildman–Crippen LogP) is 3.89. The van der Waals surface area contributed by atoms with Gasteiger partial charge in [-0.05, 0) is 48.0 Å². The molecule has 0 amide bonds. The molecule has 0 aromatic rings. The van der Waals surface area contributed by atoms with Crippen molar-refractivity contribution in [2.45, 2.75) is 97.9 Å². The van der Waals surface area contributed by atoms with Crippen LogP contribution >= 0.6 is 0 Å². The first kappa shape index (κ1) is 23.8. The highest BCUT2D eigenvalue weighted by Crippen LogP contribution is 2.22. The average Bonchev–Trinajstić information content (AvgIpc) is 2.47. The number of esters is 1. The number of unbranched alkanes of at least 4 members (excludes halogenated alkanes) is 3. The van der Waals surface area contributed by atoms with Gasteiger partial charge in [0.15, 0.2) is 0 Å². The summed E-state index contributed by atoms with van der Waals surface area (Å²) >= 11 is 0. The monoisotopic (exact) mass is 362 g/mol. The Kier molecular flexibility index (Phi) is 10.9. The molecule has 0 N–H and O–H groups in total. The van der Waals surface area contributed by atoms with E-state index in [0.717, 1.165) is 25.7 Å². The van der Waals surface area contributed by atoms with Gasteiger partial charge in [0.1, 0.15) is 11.7 Å².